The maximum atomic E-state index is 13.0. The van der Waals surface area contributed by atoms with Gasteiger partial charge >= 0.3 is 5.97 Å². The van der Waals surface area contributed by atoms with Crippen LogP contribution in [0.5, 0.6) is 5.75 Å². The van der Waals surface area contributed by atoms with Crippen LogP contribution in [0.15, 0.2) is 18.2 Å². The van der Waals surface area contributed by atoms with Crippen molar-refractivity contribution in [2.45, 2.75) is 64.9 Å². The molecule has 1 aliphatic carbocycles. The minimum atomic E-state index is -0.821. The van der Waals surface area contributed by atoms with E-state index in [1.54, 1.807) is 32.2 Å². The van der Waals surface area contributed by atoms with Crippen LogP contribution in [0.1, 0.15) is 69.7 Å². The van der Waals surface area contributed by atoms with Crippen molar-refractivity contribution < 1.29 is 23.8 Å². The number of anilines is 1. The number of carbonyl (C=O) groups excluding carboxylic acids is 2. The van der Waals surface area contributed by atoms with Gasteiger partial charge in [-0.3, -0.25) is 4.79 Å². The van der Waals surface area contributed by atoms with Crippen LogP contribution in [0.25, 0.3) is 0 Å². The number of benzene rings is 1. The van der Waals surface area contributed by atoms with E-state index in [0.29, 0.717) is 42.4 Å². The van der Waals surface area contributed by atoms with E-state index in [1.807, 2.05) is 0 Å². The van der Waals surface area contributed by atoms with Gasteiger partial charge in [0, 0.05) is 12.8 Å². The highest BCUT2D eigenvalue weighted by Gasteiger charge is 2.42. The summed E-state index contributed by atoms with van der Waals surface area (Å²) in [4.78, 5) is 25.3. The van der Waals surface area contributed by atoms with Crippen molar-refractivity contribution in [1.82, 2.24) is 0 Å². The van der Waals surface area contributed by atoms with Crippen molar-refractivity contribution in [1.29, 1.82) is 0 Å². The second-order valence-corrected chi connectivity index (χ2v) is 7.49. The molecule has 0 bridgehead atoms. The van der Waals surface area contributed by atoms with Crippen molar-refractivity contribution in [3.8, 4) is 5.75 Å². The summed E-state index contributed by atoms with van der Waals surface area (Å²) in [6, 6.07) is 5.07. The molecule has 1 N–H and O–H groups in total. The quantitative estimate of drug-likeness (QED) is 0.493. The summed E-state index contributed by atoms with van der Waals surface area (Å²) in [5.74, 6) is 0.273. The molecule has 1 aliphatic rings. The second-order valence-electron chi connectivity index (χ2n) is 7.49. The van der Waals surface area contributed by atoms with Gasteiger partial charge in [0.05, 0.1) is 13.2 Å². The molecular weight excluding hydrogens is 358 g/mol. The van der Waals surface area contributed by atoms with Crippen molar-refractivity contribution in [3.05, 3.63) is 23.8 Å². The molecule has 1 fully saturated rings. The number of rotatable bonds is 9. The van der Waals surface area contributed by atoms with Crippen molar-refractivity contribution in [3.63, 3.8) is 0 Å². The first kappa shape index (κ1) is 22.2. The largest absolute Gasteiger partial charge is 0.493 e. The second kappa shape index (κ2) is 10.5. The van der Waals surface area contributed by atoms with Gasteiger partial charge in [-0.2, -0.15) is 0 Å². The zero-order valence-corrected chi connectivity index (χ0v) is 17.5. The number of methoxy groups -OCH3 is 1. The third-order valence-electron chi connectivity index (χ3n) is 5.25. The Labute approximate surface area is 167 Å². The van der Waals surface area contributed by atoms with Crippen LogP contribution < -0.4 is 10.1 Å². The van der Waals surface area contributed by atoms with Gasteiger partial charge < -0.3 is 19.5 Å². The van der Waals surface area contributed by atoms with E-state index in [4.69, 9.17) is 14.2 Å². The third kappa shape index (κ3) is 5.47. The predicted octanol–water partition coefficient (Wildman–Crippen LogP) is 4.58. The summed E-state index contributed by atoms with van der Waals surface area (Å²) in [6.45, 7) is 6.77. The van der Waals surface area contributed by atoms with Crippen LogP contribution in [0.3, 0.4) is 0 Å². The van der Waals surface area contributed by atoms with Gasteiger partial charge in [-0.05, 0) is 56.7 Å². The Morgan fingerprint density at radius 2 is 2.07 bits per heavy atom. The lowest BCUT2D eigenvalue weighted by atomic mass is 9.78. The molecule has 0 unspecified atom stereocenters. The van der Waals surface area contributed by atoms with Crippen LogP contribution in [0.2, 0.25) is 0 Å². The maximum Gasteiger partial charge on any atom is 0.341 e. The van der Waals surface area contributed by atoms with E-state index in [9.17, 15) is 9.59 Å². The standard InChI is InChI=1S/C22H33NO5/c1-5-7-13-28-19-11-10-17(14-18(19)20(24)27-6-2)23-21(25)22(26-4)12-8-9-16(3)15-22/h10-11,14,16H,5-9,12-13,15H2,1-4H3,(H,23,25)/t16-,22+/m0/s1. The first-order valence-corrected chi connectivity index (χ1v) is 10.3. The van der Waals surface area contributed by atoms with Gasteiger partial charge in [0.2, 0.25) is 0 Å². The smallest absolute Gasteiger partial charge is 0.341 e. The summed E-state index contributed by atoms with van der Waals surface area (Å²) in [5.41, 5.74) is 0.0303. The summed E-state index contributed by atoms with van der Waals surface area (Å²) in [6.07, 6.45) is 5.35. The average Bonchev–Trinajstić information content (AvgIpc) is 2.69. The SMILES string of the molecule is CCCCOc1ccc(NC(=O)[C@@]2(OC)CCC[C@H](C)C2)cc1C(=O)OCC. The number of hydrogen-bond acceptors (Lipinski definition) is 5. The van der Waals surface area contributed by atoms with Gasteiger partial charge in [0.15, 0.2) is 0 Å². The minimum absolute atomic E-state index is 0.170. The Balaban J connectivity index is 2.21. The summed E-state index contributed by atoms with van der Waals surface area (Å²) < 4.78 is 16.5. The molecule has 0 radical (unpaired) electrons. The van der Waals surface area contributed by atoms with E-state index in [0.717, 1.165) is 25.7 Å². The summed E-state index contributed by atoms with van der Waals surface area (Å²) >= 11 is 0. The molecule has 0 heterocycles. The lowest BCUT2D eigenvalue weighted by Crippen LogP contribution is -2.47. The maximum absolute atomic E-state index is 13.0. The molecule has 2 rings (SSSR count). The van der Waals surface area contributed by atoms with Gasteiger partial charge in [-0.25, -0.2) is 4.79 Å². The first-order valence-electron chi connectivity index (χ1n) is 10.3. The van der Waals surface area contributed by atoms with Crippen LogP contribution >= 0.6 is 0 Å². The van der Waals surface area contributed by atoms with E-state index in [2.05, 4.69) is 19.2 Å². The zero-order valence-electron chi connectivity index (χ0n) is 17.5. The van der Waals surface area contributed by atoms with Crippen LogP contribution in [-0.4, -0.2) is 37.8 Å². The number of ether oxygens (including phenoxy) is 3. The molecule has 0 saturated heterocycles. The highest BCUT2D eigenvalue weighted by molar-refractivity contribution is 5.99. The lowest BCUT2D eigenvalue weighted by molar-refractivity contribution is -0.143. The Bertz CT molecular complexity index is 675. The molecule has 156 valence electrons. The fourth-order valence-electron chi connectivity index (χ4n) is 3.66. The molecule has 1 amide bonds. The van der Waals surface area contributed by atoms with E-state index in [-0.39, 0.29) is 12.5 Å². The van der Waals surface area contributed by atoms with E-state index < -0.39 is 11.6 Å². The molecule has 0 spiro atoms. The summed E-state index contributed by atoms with van der Waals surface area (Å²) in [5, 5.41) is 2.93. The molecule has 0 aliphatic heterocycles. The van der Waals surface area contributed by atoms with Crippen LogP contribution in [0, 0.1) is 5.92 Å². The zero-order chi connectivity index (χ0) is 20.6. The van der Waals surface area contributed by atoms with Crippen molar-refractivity contribution in [2.24, 2.45) is 5.92 Å². The average molecular weight is 392 g/mol. The molecule has 1 aromatic rings. The Kier molecular flexibility index (Phi) is 8.30. The number of nitrogens with one attached hydrogen (secondary N) is 1. The molecular formula is C22H33NO5. The Hall–Kier alpha value is -2.08. The predicted molar refractivity (Wildman–Crippen MR) is 109 cm³/mol. The van der Waals surface area contributed by atoms with Crippen LogP contribution in [-0.2, 0) is 14.3 Å². The van der Waals surface area contributed by atoms with E-state index >= 15 is 0 Å². The number of unbranched alkanes of at least 4 members (excludes halogenated alkanes) is 1. The van der Waals surface area contributed by atoms with Gasteiger partial charge in [-0.1, -0.05) is 26.7 Å². The fraction of sp³-hybridized carbons (Fsp3) is 0.636. The monoisotopic (exact) mass is 391 g/mol. The van der Waals surface area contributed by atoms with E-state index in [1.165, 1.54) is 0 Å². The molecule has 0 aromatic heterocycles. The number of hydrogen-bond donors (Lipinski definition) is 1. The van der Waals surface area contributed by atoms with Gasteiger partial charge in [0.1, 0.15) is 16.9 Å². The molecule has 1 saturated carbocycles. The van der Waals surface area contributed by atoms with Crippen molar-refractivity contribution >= 4 is 17.6 Å². The molecule has 6 nitrogen and oxygen atoms in total. The molecule has 6 heteroatoms. The highest BCUT2D eigenvalue weighted by atomic mass is 16.5. The molecule has 28 heavy (non-hydrogen) atoms. The fourth-order valence-corrected chi connectivity index (χ4v) is 3.66. The number of carbonyl (C=O) groups is 2. The topological polar surface area (TPSA) is 73.9 Å². The number of esters is 1. The van der Waals surface area contributed by atoms with Gasteiger partial charge in [0.25, 0.3) is 5.91 Å². The highest BCUT2D eigenvalue weighted by Crippen LogP contribution is 2.36. The normalized spacial score (nSPS) is 21.8. The first-order chi connectivity index (χ1) is 13.5. The number of amides is 1. The summed E-state index contributed by atoms with van der Waals surface area (Å²) in [7, 11) is 1.59. The minimum Gasteiger partial charge on any atom is -0.493 e. The molecule has 1 aromatic carbocycles. The Morgan fingerprint density at radius 1 is 1.29 bits per heavy atom. The van der Waals surface area contributed by atoms with Crippen molar-refractivity contribution in [2.75, 3.05) is 25.6 Å². The van der Waals surface area contributed by atoms with Crippen LogP contribution in [0.4, 0.5) is 5.69 Å². The lowest BCUT2D eigenvalue weighted by Gasteiger charge is -2.37. The molecule has 2 atom stereocenters. The Morgan fingerprint density at radius 3 is 2.71 bits per heavy atom. The van der Waals surface area contributed by atoms with Gasteiger partial charge in [-0.15, -0.1) is 0 Å². The third-order valence-corrected chi connectivity index (χ3v) is 5.25.